The Labute approximate surface area is 154 Å². The van der Waals surface area contributed by atoms with Gasteiger partial charge in [0.1, 0.15) is 16.9 Å². The van der Waals surface area contributed by atoms with E-state index in [-0.39, 0.29) is 34.5 Å². The number of carbonyl (C=O) groups is 2. The topological polar surface area (TPSA) is 93.8 Å². The zero-order valence-corrected chi connectivity index (χ0v) is 14.7. The predicted octanol–water partition coefficient (Wildman–Crippen LogP) is 3.45. The Kier molecular flexibility index (Phi) is 3.84. The van der Waals surface area contributed by atoms with Crippen LogP contribution < -0.4 is 10.4 Å². The third-order valence-electron chi connectivity index (χ3n) is 4.84. The van der Waals surface area contributed by atoms with E-state index in [4.69, 9.17) is 9.15 Å². The Morgan fingerprint density at radius 1 is 1.19 bits per heavy atom. The van der Waals surface area contributed by atoms with Gasteiger partial charge in [0, 0.05) is 17.5 Å². The number of phenolic OH excluding ortho intramolecular Hbond substituents is 1. The van der Waals surface area contributed by atoms with Gasteiger partial charge >= 0.3 is 11.6 Å². The van der Waals surface area contributed by atoms with Crippen molar-refractivity contribution >= 4 is 22.7 Å². The minimum absolute atomic E-state index is 0.0336. The van der Waals surface area contributed by atoms with Gasteiger partial charge in [0.25, 0.3) is 0 Å². The summed E-state index contributed by atoms with van der Waals surface area (Å²) in [5.74, 6) is -1.82. The number of benzene rings is 2. The predicted molar refractivity (Wildman–Crippen MR) is 97.4 cm³/mol. The summed E-state index contributed by atoms with van der Waals surface area (Å²) in [4.78, 5) is 36.5. The number of esters is 1. The Morgan fingerprint density at radius 2 is 1.89 bits per heavy atom. The largest absolute Gasteiger partial charge is 0.506 e. The smallest absolute Gasteiger partial charge is 0.336 e. The SMILES string of the molecule is CC(=O)c1c2c(c3oc(=O)cc(C)c3c1O)[C@@H](c1ccccc1)CC(=O)O2. The number of aromatic hydroxyl groups is 1. The van der Waals surface area contributed by atoms with Gasteiger partial charge in [-0.05, 0) is 25.0 Å². The lowest BCUT2D eigenvalue weighted by molar-refractivity contribution is -0.135. The highest BCUT2D eigenvalue weighted by atomic mass is 16.5. The summed E-state index contributed by atoms with van der Waals surface area (Å²) < 4.78 is 10.8. The number of rotatable bonds is 2. The summed E-state index contributed by atoms with van der Waals surface area (Å²) in [6.45, 7) is 2.94. The molecule has 0 saturated heterocycles. The zero-order chi connectivity index (χ0) is 19.3. The summed E-state index contributed by atoms with van der Waals surface area (Å²) in [6, 6.07) is 10.5. The third-order valence-corrected chi connectivity index (χ3v) is 4.84. The zero-order valence-electron chi connectivity index (χ0n) is 14.7. The Morgan fingerprint density at radius 3 is 2.56 bits per heavy atom. The van der Waals surface area contributed by atoms with E-state index in [9.17, 15) is 19.5 Å². The van der Waals surface area contributed by atoms with Crippen LogP contribution in [0.3, 0.4) is 0 Å². The van der Waals surface area contributed by atoms with Crippen molar-refractivity contribution < 1.29 is 23.8 Å². The second kappa shape index (κ2) is 6.09. The maximum Gasteiger partial charge on any atom is 0.336 e. The summed E-state index contributed by atoms with van der Waals surface area (Å²) >= 11 is 0. The van der Waals surface area contributed by atoms with Crippen LogP contribution in [0, 0.1) is 6.92 Å². The molecule has 2 heterocycles. The average Bonchev–Trinajstić information content (AvgIpc) is 2.60. The van der Waals surface area contributed by atoms with E-state index >= 15 is 0 Å². The van der Waals surface area contributed by atoms with Crippen molar-refractivity contribution in [3.05, 3.63) is 69.1 Å². The molecule has 6 heteroatoms. The van der Waals surface area contributed by atoms with E-state index in [1.807, 2.05) is 30.3 Å². The van der Waals surface area contributed by atoms with Crippen molar-refractivity contribution in [1.82, 2.24) is 0 Å². The molecule has 1 aliphatic rings. The van der Waals surface area contributed by atoms with Gasteiger partial charge in [-0.25, -0.2) is 4.79 Å². The molecule has 2 aromatic carbocycles. The molecule has 3 aromatic rings. The van der Waals surface area contributed by atoms with E-state index in [2.05, 4.69) is 0 Å². The van der Waals surface area contributed by atoms with Crippen LogP contribution in [0.5, 0.6) is 11.5 Å². The average molecular weight is 364 g/mol. The van der Waals surface area contributed by atoms with Crippen molar-refractivity contribution in [1.29, 1.82) is 0 Å². The van der Waals surface area contributed by atoms with Gasteiger partial charge in [-0.3, -0.25) is 9.59 Å². The molecule has 136 valence electrons. The molecule has 0 unspecified atom stereocenters. The maximum absolute atomic E-state index is 12.3. The number of ether oxygens (including phenoxy) is 1. The molecule has 27 heavy (non-hydrogen) atoms. The number of fused-ring (bicyclic) bond motifs is 3. The minimum Gasteiger partial charge on any atom is -0.506 e. The van der Waals surface area contributed by atoms with Crippen LogP contribution in [-0.2, 0) is 4.79 Å². The number of Topliss-reactive ketones (excluding diaryl/α,β-unsaturated/α-hetero) is 1. The number of ketones is 1. The molecule has 1 atom stereocenters. The van der Waals surface area contributed by atoms with Crippen molar-refractivity contribution in [2.75, 3.05) is 0 Å². The molecule has 0 fully saturated rings. The highest BCUT2D eigenvalue weighted by Crippen LogP contribution is 2.49. The second-order valence-electron chi connectivity index (χ2n) is 6.62. The van der Waals surface area contributed by atoms with E-state index in [0.717, 1.165) is 5.56 Å². The standard InChI is InChI=1S/C21H16O6/c1-10-8-14(23)26-20-16(10)19(25)17(11(2)22)21-18(20)13(9-15(24)27-21)12-6-4-3-5-7-12/h3-8,13,25H,9H2,1-2H3/t13-/m1/s1. The van der Waals surface area contributed by atoms with Crippen LogP contribution in [0.2, 0.25) is 0 Å². The lowest BCUT2D eigenvalue weighted by Gasteiger charge is -2.27. The molecule has 6 nitrogen and oxygen atoms in total. The highest BCUT2D eigenvalue weighted by molar-refractivity contribution is 6.09. The minimum atomic E-state index is -0.583. The molecule has 0 radical (unpaired) electrons. The normalized spacial score (nSPS) is 16.1. The monoisotopic (exact) mass is 364 g/mol. The van der Waals surface area contributed by atoms with Crippen molar-refractivity contribution in [3.8, 4) is 11.5 Å². The molecule has 0 saturated carbocycles. The molecule has 4 rings (SSSR count). The van der Waals surface area contributed by atoms with Crippen LogP contribution in [0.4, 0.5) is 0 Å². The maximum atomic E-state index is 12.3. The van der Waals surface area contributed by atoms with Crippen LogP contribution in [-0.4, -0.2) is 16.9 Å². The van der Waals surface area contributed by atoms with Gasteiger partial charge in [0.05, 0.1) is 11.8 Å². The first-order chi connectivity index (χ1) is 12.9. The molecule has 1 aliphatic heterocycles. The molecule has 1 N–H and O–H groups in total. The second-order valence-corrected chi connectivity index (χ2v) is 6.62. The van der Waals surface area contributed by atoms with E-state index in [0.29, 0.717) is 11.1 Å². The molecule has 0 spiro atoms. The van der Waals surface area contributed by atoms with Gasteiger partial charge in [-0.1, -0.05) is 30.3 Å². The van der Waals surface area contributed by atoms with Crippen molar-refractivity contribution in [2.24, 2.45) is 0 Å². The van der Waals surface area contributed by atoms with Crippen LogP contribution in [0.15, 0.2) is 45.6 Å². The van der Waals surface area contributed by atoms with Gasteiger partial charge in [0.15, 0.2) is 11.5 Å². The third kappa shape index (κ3) is 2.61. The van der Waals surface area contributed by atoms with Gasteiger partial charge < -0.3 is 14.3 Å². The van der Waals surface area contributed by atoms with E-state index in [1.165, 1.54) is 13.0 Å². The Bertz CT molecular complexity index is 1160. The molecular formula is C21H16O6. The summed E-state index contributed by atoms with van der Waals surface area (Å²) in [7, 11) is 0. The van der Waals surface area contributed by atoms with E-state index < -0.39 is 23.3 Å². The van der Waals surface area contributed by atoms with E-state index in [1.54, 1.807) is 6.92 Å². The number of carbonyl (C=O) groups excluding carboxylic acids is 2. The van der Waals surface area contributed by atoms with Gasteiger partial charge in [-0.2, -0.15) is 0 Å². The first kappa shape index (κ1) is 17.0. The number of phenols is 1. The molecule has 1 aromatic heterocycles. The fourth-order valence-electron chi connectivity index (χ4n) is 3.71. The number of aryl methyl sites for hydroxylation is 1. The molecule has 0 amide bonds. The Hall–Kier alpha value is -3.41. The van der Waals surface area contributed by atoms with Crippen LogP contribution >= 0.6 is 0 Å². The fraction of sp³-hybridized carbons (Fsp3) is 0.190. The summed E-state index contributed by atoms with van der Waals surface area (Å²) in [5.41, 5.74) is 1.21. The van der Waals surface area contributed by atoms with Crippen molar-refractivity contribution in [2.45, 2.75) is 26.2 Å². The molecule has 0 bridgehead atoms. The van der Waals surface area contributed by atoms with Gasteiger partial charge in [0.2, 0.25) is 0 Å². The first-order valence-electron chi connectivity index (χ1n) is 8.48. The number of hydrogen-bond donors (Lipinski definition) is 1. The number of hydrogen-bond acceptors (Lipinski definition) is 6. The Balaban J connectivity index is 2.20. The molecule has 0 aliphatic carbocycles. The van der Waals surface area contributed by atoms with Crippen LogP contribution in [0.1, 0.15) is 46.3 Å². The lowest BCUT2D eigenvalue weighted by Crippen LogP contribution is -2.23. The van der Waals surface area contributed by atoms with Crippen molar-refractivity contribution in [3.63, 3.8) is 0 Å². The summed E-state index contributed by atoms with van der Waals surface area (Å²) in [5, 5.41) is 11.0. The highest BCUT2D eigenvalue weighted by Gasteiger charge is 2.37. The lowest BCUT2D eigenvalue weighted by atomic mass is 9.83. The van der Waals surface area contributed by atoms with Crippen LogP contribution in [0.25, 0.3) is 11.0 Å². The summed E-state index contributed by atoms with van der Waals surface area (Å²) in [6.07, 6.45) is 0.0336. The first-order valence-corrected chi connectivity index (χ1v) is 8.48. The molecular weight excluding hydrogens is 348 g/mol. The quantitative estimate of drug-likeness (QED) is 0.324. The fourth-order valence-corrected chi connectivity index (χ4v) is 3.71. The van der Waals surface area contributed by atoms with Gasteiger partial charge in [-0.15, -0.1) is 0 Å².